The molecule has 2 rings (SSSR count). The lowest BCUT2D eigenvalue weighted by molar-refractivity contribution is 0.692. The van der Waals surface area contributed by atoms with Crippen molar-refractivity contribution in [3.63, 3.8) is 0 Å². The number of rotatable bonds is 4. The van der Waals surface area contributed by atoms with E-state index in [1.165, 1.54) is 0 Å². The Morgan fingerprint density at radius 2 is 2.29 bits per heavy atom. The van der Waals surface area contributed by atoms with Crippen LogP contribution in [0.1, 0.15) is 11.4 Å². The van der Waals surface area contributed by atoms with Gasteiger partial charge in [-0.05, 0) is 25.1 Å². The molecule has 0 atom stereocenters. The molecule has 2 aromatic heterocycles. The first-order valence-electron chi connectivity index (χ1n) is 5.24. The Bertz CT molecular complexity index is 508. The van der Waals surface area contributed by atoms with Crippen molar-refractivity contribution in [3.05, 3.63) is 35.8 Å². The quantitative estimate of drug-likeness (QED) is 0.490. The molecular formula is C11H15N5S. The summed E-state index contributed by atoms with van der Waals surface area (Å²) in [6.45, 7) is 1.99. The fraction of sp³-hybridized carbons (Fsp3) is 0.273. The number of hydrazine groups is 1. The van der Waals surface area contributed by atoms with Gasteiger partial charge >= 0.3 is 0 Å². The predicted molar refractivity (Wildman–Crippen MR) is 69.6 cm³/mol. The molecule has 0 aliphatic rings. The third-order valence-electron chi connectivity index (χ3n) is 2.31. The van der Waals surface area contributed by atoms with Crippen LogP contribution in [0.3, 0.4) is 0 Å². The van der Waals surface area contributed by atoms with E-state index in [1.807, 2.05) is 30.8 Å². The van der Waals surface area contributed by atoms with Gasteiger partial charge in [0.25, 0.3) is 0 Å². The average molecular weight is 249 g/mol. The number of thioether (sulfide) groups is 1. The second-order valence-corrected chi connectivity index (χ2v) is 4.71. The summed E-state index contributed by atoms with van der Waals surface area (Å²) < 4.78 is 1.88. The highest BCUT2D eigenvalue weighted by molar-refractivity contribution is 7.98. The summed E-state index contributed by atoms with van der Waals surface area (Å²) >= 11 is 1.71. The number of aromatic nitrogens is 3. The second kappa shape index (κ2) is 5.20. The third kappa shape index (κ3) is 2.98. The second-order valence-electron chi connectivity index (χ2n) is 3.72. The zero-order chi connectivity index (χ0) is 12.3. The molecule has 0 bridgehead atoms. The van der Waals surface area contributed by atoms with E-state index >= 15 is 0 Å². The molecule has 0 aliphatic heterocycles. The Kier molecular flexibility index (Phi) is 3.65. The number of hydrogen-bond acceptors (Lipinski definition) is 5. The summed E-state index contributed by atoms with van der Waals surface area (Å²) in [7, 11) is 1.95. The molecule has 0 aliphatic carbocycles. The monoisotopic (exact) mass is 249 g/mol. The molecule has 0 aromatic carbocycles. The van der Waals surface area contributed by atoms with Crippen molar-refractivity contribution in [2.75, 3.05) is 5.43 Å². The molecule has 0 spiro atoms. The molecule has 2 heterocycles. The molecule has 3 N–H and O–H groups in total. The Morgan fingerprint density at radius 3 is 2.94 bits per heavy atom. The van der Waals surface area contributed by atoms with Gasteiger partial charge in [0.2, 0.25) is 0 Å². The largest absolute Gasteiger partial charge is 0.324 e. The van der Waals surface area contributed by atoms with E-state index < -0.39 is 0 Å². The van der Waals surface area contributed by atoms with Crippen molar-refractivity contribution in [3.8, 4) is 0 Å². The zero-order valence-corrected chi connectivity index (χ0v) is 10.7. The first-order chi connectivity index (χ1) is 8.19. The molecular weight excluding hydrogens is 234 g/mol. The molecule has 0 fully saturated rings. The maximum atomic E-state index is 5.35. The van der Waals surface area contributed by atoms with Crippen molar-refractivity contribution in [1.29, 1.82) is 0 Å². The lowest BCUT2D eigenvalue weighted by atomic mass is 10.3. The highest BCUT2D eigenvalue weighted by Crippen LogP contribution is 2.22. The Balaban J connectivity index is 2.04. The molecule has 2 aromatic rings. The van der Waals surface area contributed by atoms with Crippen molar-refractivity contribution < 1.29 is 0 Å². The lowest BCUT2D eigenvalue weighted by Gasteiger charge is -2.04. The molecule has 5 nitrogen and oxygen atoms in total. The Morgan fingerprint density at radius 1 is 1.47 bits per heavy atom. The summed E-state index contributed by atoms with van der Waals surface area (Å²) in [6, 6.07) is 5.84. The summed E-state index contributed by atoms with van der Waals surface area (Å²) in [5.41, 5.74) is 5.50. The first-order valence-corrected chi connectivity index (χ1v) is 6.22. The molecule has 17 heavy (non-hydrogen) atoms. The van der Waals surface area contributed by atoms with Gasteiger partial charge in [0.1, 0.15) is 0 Å². The predicted octanol–water partition coefficient (Wildman–Crippen LogP) is 1.70. The highest BCUT2D eigenvalue weighted by Gasteiger charge is 2.04. The van der Waals surface area contributed by atoms with Gasteiger partial charge in [-0.15, -0.1) is 11.8 Å². The fourth-order valence-electron chi connectivity index (χ4n) is 1.52. The average Bonchev–Trinajstić information content (AvgIpc) is 2.65. The van der Waals surface area contributed by atoms with Gasteiger partial charge in [-0.3, -0.25) is 15.5 Å². The minimum Gasteiger partial charge on any atom is -0.324 e. The molecule has 90 valence electrons. The van der Waals surface area contributed by atoms with E-state index in [-0.39, 0.29) is 0 Å². The normalized spacial score (nSPS) is 10.5. The van der Waals surface area contributed by atoms with Crippen LogP contribution in [0.4, 0.5) is 5.69 Å². The van der Waals surface area contributed by atoms with Crippen LogP contribution in [0, 0.1) is 6.92 Å². The maximum Gasteiger partial charge on any atom is 0.0943 e. The smallest absolute Gasteiger partial charge is 0.0943 e. The van der Waals surface area contributed by atoms with Gasteiger partial charge in [-0.25, -0.2) is 0 Å². The Labute approximate surface area is 104 Å². The van der Waals surface area contributed by atoms with Gasteiger partial charge in [0.15, 0.2) is 0 Å². The molecule has 0 saturated carbocycles. The van der Waals surface area contributed by atoms with Crippen molar-refractivity contribution in [2.45, 2.75) is 17.7 Å². The third-order valence-corrected chi connectivity index (χ3v) is 3.43. The number of nitrogens with one attached hydrogen (secondary N) is 1. The van der Waals surface area contributed by atoms with Gasteiger partial charge in [-0.2, -0.15) is 5.10 Å². The summed E-state index contributed by atoms with van der Waals surface area (Å²) in [6.07, 6.45) is 1.75. The van der Waals surface area contributed by atoms with Gasteiger partial charge < -0.3 is 5.43 Å². The summed E-state index contributed by atoms with van der Waals surface area (Å²) in [5.74, 6) is 6.15. The van der Waals surface area contributed by atoms with Crippen LogP contribution in [-0.4, -0.2) is 14.8 Å². The van der Waals surface area contributed by atoms with Crippen LogP contribution < -0.4 is 11.3 Å². The lowest BCUT2D eigenvalue weighted by Crippen LogP contribution is -2.07. The molecule has 0 saturated heterocycles. The van der Waals surface area contributed by atoms with Crippen LogP contribution in [0.15, 0.2) is 29.4 Å². The molecule has 6 heteroatoms. The first kappa shape index (κ1) is 11.9. The summed E-state index contributed by atoms with van der Waals surface area (Å²) in [4.78, 5) is 4.29. The summed E-state index contributed by atoms with van der Waals surface area (Å²) in [5, 5.41) is 5.43. The van der Waals surface area contributed by atoms with Gasteiger partial charge in [-0.1, -0.05) is 0 Å². The van der Waals surface area contributed by atoms with Crippen LogP contribution in [0.5, 0.6) is 0 Å². The number of nitrogens with zero attached hydrogens (tertiary/aromatic N) is 3. The molecule has 0 unspecified atom stereocenters. The van der Waals surface area contributed by atoms with E-state index in [1.54, 1.807) is 18.0 Å². The van der Waals surface area contributed by atoms with E-state index in [2.05, 4.69) is 21.6 Å². The fourth-order valence-corrected chi connectivity index (χ4v) is 2.45. The van der Waals surface area contributed by atoms with Crippen molar-refractivity contribution in [2.24, 2.45) is 12.9 Å². The number of hydrogen-bond donors (Lipinski definition) is 2. The van der Waals surface area contributed by atoms with Crippen LogP contribution >= 0.6 is 11.8 Å². The standard InChI is InChI=1S/C11H15N5S/c1-8-5-11(16(2)15-8)17-7-10-6-9(14-12)3-4-13-10/h3-6H,7,12H2,1-2H3,(H,13,14). The zero-order valence-electron chi connectivity index (χ0n) is 9.84. The number of anilines is 1. The van der Waals surface area contributed by atoms with Crippen LogP contribution in [0.2, 0.25) is 0 Å². The van der Waals surface area contributed by atoms with Crippen molar-refractivity contribution >= 4 is 17.4 Å². The van der Waals surface area contributed by atoms with E-state index in [0.717, 1.165) is 27.9 Å². The van der Waals surface area contributed by atoms with E-state index in [9.17, 15) is 0 Å². The van der Waals surface area contributed by atoms with Crippen molar-refractivity contribution in [1.82, 2.24) is 14.8 Å². The number of nitrogen functional groups attached to an aromatic ring is 1. The van der Waals surface area contributed by atoms with Crippen LogP contribution in [0.25, 0.3) is 0 Å². The van der Waals surface area contributed by atoms with E-state index in [4.69, 9.17) is 5.84 Å². The minimum atomic E-state index is 0.800. The highest BCUT2D eigenvalue weighted by atomic mass is 32.2. The van der Waals surface area contributed by atoms with Gasteiger partial charge in [0.05, 0.1) is 22.1 Å². The topological polar surface area (TPSA) is 68.8 Å². The minimum absolute atomic E-state index is 0.800. The molecule has 0 amide bonds. The number of aryl methyl sites for hydroxylation is 2. The maximum absolute atomic E-state index is 5.35. The van der Waals surface area contributed by atoms with Crippen LogP contribution in [-0.2, 0) is 12.8 Å². The number of pyridine rings is 1. The van der Waals surface area contributed by atoms with E-state index in [0.29, 0.717) is 0 Å². The Hall–Kier alpha value is -1.53. The SMILES string of the molecule is Cc1cc(SCc2cc(NN)ccn2)n(C)n1. The number of nitrogens with two attached hydrogens (primary N) is 1. The molecule has 0 radical (unpaired) electrons. The van der Waals surface area contributed by atoms with Gasteiger partial charge in [0, 0.05) is 19.0 Å².